The van der Waals surface area contributed by atoms with Crippen LogP contribution in [0, 0.1) is 29.6 Å². The van der Waals surface area contributed by atoms with Crippen LogP contribution in [0.4, 0.5) is 0 Å². The fourth-order valence-electron chi connectivity index (χ4n) is 12.4. The van der Waals surface area contributed by atoms with Crippen LogP contribution in [0.25, 0.3) is 0 Å². The summed E-state index contributed by atoms with van der Waals surface area (Å²) in [6.45, 7) is 5.09. The average Bonchev–Trinajstić information content (AvgIpc) is 3.90. The van der Waals surface area contributed by atoms with E-state index in [0.717, 1.165) is 0 Å². The molecule has 0 heteroatoms. The maximum Gasteiger partial charge on any atom is -0.00843 e. The van der Waals surface area contributed by atoms with Crippen LogP contribution in [-0.2, 0) is 32.1 Å². The van der Waals surface area contributed by atoms with Crippen molar-refractivity contribution in [1.82, 2.24) is 0 Å². The van der Waals surface area contributed by atoms with Gasteiger partial charge in [0.05, 0.1) is 0 Å². The molecule has 0 saturated heterocycles. The summed E-state index contributed by atoms with van der Waals surface area (Å²) in [6, 6.07) is 47.7. The second kappa shape index (κ2) is 10.8. The predicted octanol–water partition coefficient (Wildman–Crippen LogP) is 10.8. The summed E-state index contributed by atoms with van der Waals surface area (Å²) in [5.41, 5.74) is 16.3. The summed E-state index contributed by atoms with van der Waals surface area (Å²) in [6.07, 6.45) is 6.12. The molecule has 10 unspecified atom stereocenters. The Morgan fingerprint density at radius 2 is 0.617 bits per heavy atom. The standard InChI is InChI=1S/C47H46/c1-28-23-30-13-4-9-19-36(30)44(28)41-25-32-15-6-11-21-38(32)46(41)43-27-34-17-7-12-22-39(34)47(43)42-26-33-16-5-10-20-37(33)45(42)40-24-31-14-3-8-18-35(31)29(40)2/h3-22,28-29,40-47H,23-27H2,1-2H3. The Balaban J connectivity index is 1.12. The van der Waals surface area contributed by atoms with E-state index in [2.05, 4.69) is 135 Å². The van der Waals surface area contributed by atoms with Crippen molar-refractivity contribution >= 4 is 0 Å². The maximum absolute atomic E-state index is 2.55. The minimum atomic E-state index is 0.574. The van der Waals surface area contributed by atoms with Crippen LogP contribution in [0.15, 0.2) is 121 Å². The molecule has 10 rings (SSSR count). The van der Waals surface area contributed by atoms with E-state index in [9.17, 15) is 0 Å². The second-order valence-corrected chi connectivity index (χ2v) is 16.0. The van der Waals surface area contributed by atoms with Gasteiger partial charge in [0.25, 0.3) is 0 Å². The highest BCUT2D eigenvalue weighted by molar-refractivity contribution is 5.49. The van der Waals surface area contributed by atoms with Crippen molar-refractivity contribution in [3.05, 3.63) is 177 Å². The van der Waals surface area contributed by atoms with Gasteiger partial charge < -0.3 is 0 Å². The Hall–Kier alpha value is -3.90. The molecule has 5 aliphatic carbocycles. The van der Waals surface area contributed by atoms with Gasteiger partial charge in [-0.1, -0.05) is 135 Å². The Morgan fingerprint density at radius 3 is 1.06 bits per heavy atom. The van der Waals surface area contributed by atoms with E-state index in [0.29, 0.717) is 59.2 Å². The van der Waals surface area contributed by atoms with Gasteiger partial charge in [-0.05, 0) is 147 Å². The zero-order chi connectivity index (χ0) is 31.2. The third kappa shape index (κ3) is 4.19. The lowest BCUT2D eigenvalue weighted by Crippen LogP contribution is -2.33. The maximum atomic E-state index is 2.55. The van der Waals surface area contributed by atoms with E-state index in [1.807, 2.05) is 0 Å². The van der Waals surface area contributed by atoms with Gasteiger partial charge in [0, 0.05) is 0 Å². The van der Waals surface area contributed by atoms with Crippen molar-refractivity contribution in [1.29, 1.82) is 0 Å². The molecule has 0 amide bonds. The zero-order valence-corrected chi connectivity index (χ0v) is 27.9. The van der Waals surface area contributed by atoms with E-state index in [1.54, 1.807) is 55.6 Å². The topological polar surface area (TPSA) is 0 Å². The fraction of sp³-hybridized carbons (Fsp3) is 0.362. The van der Waals surface area contributed by atoms with Crippen LogP contribution in [0.3, 0.4) is 0 Å². The third-order valence-electron chi connectivity index (χ3n) is 14.1. The lowest BCUT2D eigenvalue weighted by atomic mass is 9.62. The van der Waals surface area contributed by atoms with Gasteiger partial charge in [-0.15, -0.1) is 0 Å². The van der Waals surface area contributed by atoms with Crippen LogP contribution in [0.5, 0.6) is 0 Å². The minimum absolute atomic E-state index is 0.574. The number of rotatable bonds is 4. The Kier molecular flexibility index (Phi) is 6.47. The van der Waals surface area contributed by atoms with Crippen LogP contribution in [0.1, 0.15) is 99.1 Å². The normalized spacial score (nSPS) is 32.9. The summed E-state index contributed by atoms with van der Waals surface area (Å²) < 4.78 is 0. The molecule has 0 bridgehead atoms. The molecular formula is C47H46. The smallest absolute Gasteiger partial charge is 0.00843 e. The highest BCUT2D eigenvalue weighted by atomic mass is 14.6. The molecule has 5 aromatic carbocycles. The van der Waals surface area contributed by atoms with Crippen LogP contribution >= 0.6 is 0 Å². The van der Waals surface area contributed by atoms with Crippen molar-refractivity contribution < 1.29 is 0 Å². The largest absolute Gasteiger partial charge is 0.0620 e. The molecule has 0 spiro atoms. The van der Waals surface area contributed by atoms with E-state index in [-0.39, 0.29) is 0 Å². The molecule has 0 nitrogen and oxygen atoms in total. The van der Waals surface area contributed by atoms with E-state index < -0.39 is 0 Å². The summed E-state index contributed by atoms with van der Waals surface area (Å²) in [7, 11) is 0. The van der Waals surface area contributed by atoms with E-state index >= 15 is 0 Å². The van der Waals surface area contributed by atoms with Crippen molar-refractivity contribution in [2.24, 2.45) is 29.6 Å². The first-order chi connectivity index (χ1) is 23.2. The molecule has 0 saturated carbocycles. The molecule has 0 aliphatic heterocycles. The molecule has 0 radical (unpaired) electrons. The Bertz CT molecular complexity index is 1980. The molecule has 10 atom stereocenters. The van der Waals surface area contributed by atoms with Crippen molar-refractivity contribution in [2.75, 3.05) is 0 Å². The quantitative estimate of drug-likeness (QED) is 0.190. The lowest BCUT2D eigenvalue weighted by molar-refractivity contribution is 0.181. The monoisotopic (exact) mass is 610 g/mol. The van der Waals surface area contributed by atoms with Crippen LogP contribution in [-0.4, -0.2) is 0 Å². The molecule has 5 aromatic rings. The summed E-state index contributed by atoms with van der Waals surface area (Å²) in [5, 5.41) is 0. The van der Waals surface area contributed by atoms with Crippen LogP contribution < -0.4 is 0 Å². The molecule has 234 valence electrons. The van der Waals surface area contributed by atoms with Gasteiger partial charge in [-0.3, -0.25) is 0 Å². The van der Waals surface area contributed by atoms with Gasteiger partial charge in [0.1, 0.15) is 0 Å². The molecule has 5 aliphatic rings. The Morgan fingerprint density at radius 1 is 0.319 bits per heavy atom. The molecule has 0 fully saturated rings. The summed E-state index contributed by atoms with van der Waals surface area (Å²) in [5.74, 6) is 6.24. The third-order valence-corrected chi connectivity index (χ3v) is 14.1. The number of benzene rings is 5. The van der Waals surface area contributed by atoms with Crippen LogP contribution in [0.2, 0.25) is 0 Å². The molecule has 0 N–H and O–H groups in total. The number of fused-ring (bicyclic) bond motifs is 5. The summed E-state index contributed by atoms with van der Waals surface area (Å²) >= 11 is 0. The predicted molar refractivity (Wildman–Crippen MR) is 193 cm³/mol. The van der Waals surface area contributed by atoms with E-state index in [1.165, 1.54) is 32.1 Å². The second-order valence-electron chi connectivity index (χ2n) is 16.0. The minimum Gasteiger partial charge on any atom is -0.0620 e. The summed E-state index contributed by atoms with van der Waals surface area (Å²) in [4.78, 5) is 0. The highest BCUT2D eigenvalue weighted by Gasteiger charge is 2.54. The van der Waals surface area contributed by atoms with Crippen molar-refractivity contribution in [3.63, 3.8) is 0 Å². The van der Waals surface area contributed by atoms with Gasteiger partial charge in [0.2, 0.25) is 0 Å². The van der Waals surface area contributed by atoms with Crippen molar-refractivity contribution in [2.45, 2.75) is 75.5 Å². The Labute approximate surface area is 281 Å². The first-order valence-corrected chi connectivity index (χ1v) is 18.5. The molecule has 47 heavy (non-hydrogen) atoms. The first kappa shape index (κ1) is 28.1. The number of hydrogen-bond acceptors (Lipinski definition) is 0. The van der Waals surface area contributed by atoms with E-state index in [4.69, 9.17) is 0 Å². The lowest BCUT2D eigenvalue weighted by Gasteiger charge is -2.41. The van der Waals surface area contributed by atoms with Gasteiger partial charge >= 0.3 is 0 Å². The molecular weight excluding hydrogens is 565 g/mol. The number of hydrogen-bond donors (Lipinski definition) is 0. The van der Waals surface area contributed by atoms with Gasteiger partial charge in [-0.2, -0.15) is 0 Å². The molecule has 0 aromatic heterocycles. The molecule has 0 heterocycles. The SMILES string of the molecule is CC1Cc2ccccc2C1C1Cc2ccccc2C1C1Cc2ccccc2C1C1Cc2ccccc2C1C1Cc2ccccc2C1C. The fourth-order valence-corrected chi connectivity index (χ4v) is 12.4. The van der Waals surface area contributed by atoms with Crippen molar-refractivity contribution in [3.8, 4) is 0 Å². The first-order valence-electron chi connectivity index (χ1n) is 18.5. The zero-order valence-electron chi connectivity index (χ0n) is 27.9. The van der Waals surface area contributed by atoms with Gasteiger partial charge in [-0.25, -0.2) is 0 Å². The average molecular weight is 611 g/mol. The highest BCUT2D eigenvalue weighted by Crippen LogP contribution is 2.64. The van der Waals surface area contributed by atoms with Gasteiger partial charge in [0.15, 0.2) is 0 Å².